The number of benzene rings is 1. The number of hydrogen-bond donors (Lipinski definition) is 1. The van der Waals surface area contributed by atoms with Crippen LogP contribution in [0.4, 0.5) is 0 Å². The van der Waals surface area contributed by atoms with Crippen molar-refractivity contribution >= 4 is 5.65 Å². The van der Waals surface area contributed by atoms with Gasteiger partial charge < -0.3 is 14.5 Å². The zero-order valence-corrected chi connectivity index (χ0v) is 13.0. The average molecular weight is 332 g/mol. The maximum absolute atomic E-state index is 12.5. The third-order valence-corrected chi connectivity index (χ3v) is 4.12. The van der Waals surface area contributed by atoms with Gasteiger partial charge >= 0.3 is 0 Å². The van der Waals surface area contributed by atoms with Gasteiger partial charge in [0.15, 0.2) is 11.5 Å². The van der Waals surface area contributed by atoms with Crippen LogP contribution in [0.5, 0.6) is 11.5 Å². The number of nitrogens with one attached hydrogen (secondary N) is 1. The highest BCUT2D eigenvalue weighted by Gasteiger charge is 2.16. The van der Waals surface area contributed by atoms with E-state index in [0.717, 1.165) is 16.8 Å². The van der Waals surface area contributed by atoms with Gasteiger partial charge in [0.05, 0.1) is 23.1 Å². The molecule has 0 saturated heterocycles. The van der Waals surface area contributed by atoms with Crippen molar-refractivity contribution in [1.29, 1.82) is 0 Å². The largest absolute Gasteiger partial charge is 0.454 e. The Hall–Kier alpha value is -3.61. The number of pyridine rings is 1. The van der Waals surface area contributed by atoms with Crippen LogP contribution in [0.3, 0.4) is 0 Å². The third-order valence-electron chi connectivity index (χ3n) is 4.12. The number of aromatic nitrogens is 4. The molecule has 0 fully saturated rings. The van der Waals surface area contributed by atoms with Crippen molar-refractivity contribution in [2.75, 3.05) is 6.79 Å². The molecule has 0 amide bonds. The van der Waals surface area contributed by atoms with Crippen LogP contribution in [-0.4, -0.2) is 26.4 Å². The number of fused-ring (bicyclic) bond motifs is 2. The summed E-state index contributed by atoms with van der Waals surface area (Å²) in [6.07, 6.45) is 3.34. The third kappa shape index (κ3) is 2.17. The van der Waals surface area contributed by atoms with Gasteiger partial charge in [0.25, 0.3) is 5.56 Å². The number of nitrogens with zero attached hydrogens (tertiary/aromatic N) is 3. The van der Waals surface area contributed by atoms with Crippen LogP contribution in [0.1, 0.15) is 0 Å². The van der Waals surface area contributed by atoms with Crippen LogP contribution in [0.2, 0.25) is 0 Å². The zero-order chi connectivity index (χ0) is 16.8. The molecule has 0 spiro atoms. The van der Waals surface area contributed by atoms with Crippen molar-refractivity contribution in [3.8, 4) is 34.0 Å². The fraction of sp³-hybridized carbons (Fsp3) is 0.0556. The van der Waals surface area contributed by atoms with E-state index in [9.17, 15) is 4.79 Å². The van der Waals surface area contributed by atoms with Gasteiger partial charge in [-0.15, -0.1) is 0 Å². The van der Waals surface area contributed by atoms with Gasteiger partial charge in [-0.25, -0.2) is 0 Å². The molecule has 1 aromatic carbocycles. The number of rotatable bonds is 2. The smallest absolute Gasteiger partial charge is 0.274 e. The Morgan fingerprint density at radius 2 is 2.00 bits per heavy atom. The first-order valence-electron chi connectivity index (χ1n) is 7.72. The van der Waals surface area contributed by atoms with Crippen LogP contribution in [0.15, 0.2) is 59.7 Å². The van der Waals surface area contributed by atoms with Crippen molar-refractivity contribution in [2.24, 2.45) is 0 Å². The van der Waals surface area contributed by atoms with Crippen molar-refractivity contribution in [3.63, 3.8) is 0 Å². The summed E-state index contributed by atoms with van der Waals surface area (Å²) in [4.78, 5) is 20.1. The van der Waals surface area contributed by atoms with E-state index in [1.54, 1.807) is 12.4 Å². The number of ether oxygens (including phenoxy) is 2. The van der Waals surface area contributed by atoms with Crippen LogP contribution in [0.25, 0.3) is 28.2 Å². The van der Waals surface area contributed by atoms with Crippen LogP contribution >= 0.6 is 0 Å². The van der Waals surface area contributed by atoms with Gasteiger partial charge in [-0.1, -0.05) is 6.07 Å². The first-order valence-corrected chi connectivity index (χ1v) is 7.72. The van der Waals surface area contributed by atoms with E-state index in [-0.39, 0.29) is 12.4 Å². The monoisotopic (exact) mass is 332 g/mol. The molecule has 1 aliphatic rings. The second kappa shape index (κ2) is 5.20. The molecule has 1 N–H and O–H groups in total. The lowest BCUT2D eigenvalue weighted by molar-refractivity contribution is 0.174. The molecule has 7 nitrogen and oxygen atoms in total. The number of H-pyrrole nitrogens is 1. The molecular weight excluding hydrogens is 320 g/mol. The summed E-state index contributed by atoms with van der Waals surface area (Å²) in [5, 5.41) is 4.18. The Bertz CT molecular complexity index is 1150. The highest BCUT2D eigenvalue weighted by Crippen LogP contribution is 2.35. The fourth-order valence-electron chi connectivity index (χ4n) is 2.91. The second-order valence-corrected chi connectivity index (χ2v) is 5.62. The molecule has 122 valence electrons. The number of hydrogen-bond acceptors (Lipinski definition) is 5. The molecule has 0 aliphatic carbocycles. The first kappa shape index (κ1) is 13.8. The minimum atomic E-state index is -0.219. The van der Waals surface area contributed by atoms with Crippen molar-refractivity contribution in [2.45, 2.75) is 0 Å². The zero-order valence-electron chi connectivity index (χ0n) is 13.0. The Balaban J connectivity index is 1.71. The number of aromatic amines is 1. The van der Waals surface area contributed by atoms with Gasteiger partial charge in [-0.05, 0) is 30.3 Å². The van der Waals surface area contributed by atoms with Gasteiger partial charge in [0.2, 0.25) is 6.79 Å². The Morgan fingerprint density at radius 3 is 2.88 bits per heavy atom. The molecule has 4 heterocycles. The van der Waals surface area contributed by atoms with E-state index in [4.69, 9.17) is 9.47 Å². The van der Waals surface area contributed by atoms with Crippen molar-refractivity contribution in [1.82, 2.24) is 19.6 Å². The molecule has 5 rings (SSSR count). The summed E-state index contributed by atoms with van der Waals surface area (Å²) in [7, 11) is 0. The Morgan fingerprint density at radius 1 is 1.08 bits per heavy atom. The summed E-state index contributed by atoms with van der Waals surface area (Å²) in [6.45, 7) is 0.209. The molecule has 0 unspecified atom stereocenters. The predicted octanol–water partition coefficient (Wildman–Crippen LogP) is 2.48. The molecule has 3 aromatic heterocycles. The van der Waals surface area contributed by atoms with Crippen LogP contribution in [0, 0.1) is 0 Å². The fourth-order valence-corrected chi connectivity index (χ4v) is 2.91. The summed E-state index contributed by atoms with van der Waals surface area (Å²) >= 11 is 0. The minimum absolute atomic E-state index is 0.209. The van der Waals surface area contributed by atoms with E-state index in [2.05, 4.69) is 15.1 Å². The van der Waals surface area contributed by atoms with Gasteiger partial charge in [0.1, 0.15) is 5.65 Å². The second-order valence-electron chi connectivity index (χ2n) is 5.62. The molecule has 0 radical (unpaired) electrons. The molecule has 1 aliphatic heterocycles. The lowest BCUT2D eigenvalue weighted by Crippen LogP contribution is -2.14. The van der Waals surface area contributed by atoms with Crippen LogP contribution in [-0.2, 0) is 0 Å². The lowest BCUT2D eigenvalue weighted by atomic mass is 10.1. The SMILES string of the molecule is O=c1cc(-c2ccc3c(c2)OCO3)[nH]c2c(-c3ccccn3)cnn12. The molecular formula is C18H12N4O3. The van der Waals surface area contributed by atoms with Crippen molar-refractivity contribution < 1.29 is 9.47 Å². The minimum Gasteiger partial charge on any atom is -0.454 e. The van der Waals surface area contributed by atoms with E-state index >= 15 is 0 Å². The Kier molecular flexibility index (Phi) is 2.87. The normalized spacial score (nSPS) is 12.6. The predicted molar refractivity (Wildman–Crippen MR) is 90.6 cm³/mol. The molecule has 25 heavy (non-hydrogen) atoms. The van der Waals surface area contributed by atoms with Gasteiger partial charge in [0, 0.05) is 17.8 Å². The molecule has 0 atom stereocenters. The van der Waals surface area contributed by atoms with Crippen molar-refractivity contribution in [3.05, 3.63) is 65.2 Å². The van der Waals surface area contributed by atoms with E-state index in [0.29, 0.717) is 22.8 Å². The summed E-state index contributed by atoms with van der Waals surface area (Å²) in [5.74, 6) is 1.36. The topological polar surface area (TPSA) is 81.5 Å². The summed E-state index contributed by atoms with van der Waals surface area (Å²) in [5.41, 5.74) is 3.39. The highest BCUT2D eigenvalue weighted by molar-refractivity contribution is 5.76. The van der Waals surface area contributed by atoms with Gasteiger partial charge in [-0.3, -0.25) is 9.78 Å². The van der Waals surface area contributed by atoms with Crippen LogP contribution < -0.4 is 15.0 Å². The molecule has 0 saturated carbocycles. The standard InChI is InChI=1S/C18H12N4O3/c23-17-8-14(11-4-5-15-16(7-11)25-10-24-15)21-18-12(9-20-22(17)18)13-3-1-2-6-19-13/h1-9,21H,10H2. The van der Waals surface area contributed by atoms with E-state index in [1.807, 2.05) is 36.4 Å². The first-order chi connectivity index (χ1) is 12.3. The average Bonchev–Trinajstić information content (AvgIpc) is 3.28. The molecule has 0 bridgehead atoms. The van der Waals surface area contributed by atoms with E-state index in [1.165, 1.54) is 10.6 Å². The highest BCUT2D eigenvalue weighted by atomic mass is 16.7. The lowest BCUT2D eigenvalue weighted by Gasteiger charge is -2.05. The molecule has 4 aromatic rings. The maximum atomic E-state index is 12.5. The summed E-state index contributed by atoms with van der Waals surface area (Å²) in [6, 6.07) is 12.7. The maximum Gasteiger partial charge on any atom is 0.274 e. The Labute approximate surface area is 141 Å². The van der Waals surface area contributed by atoms with E-state index < -0.39 is 0 Å². The van der Waals surface area contributed by atoms with Gasteiger partial charge in [-0.2, -0.15) is 9.61 Å². The quantitative estimate of drug-likeness (QED) is 0.610. The summed E-state index contributed by atoms with van der Waals surface area (Å²) < 4.78 is 12.1. The molecule has 7 heteroatoms.